The quantitative estimate of drug-likeness (QED) is 0.803. The Hall–Kier alpha value is -1.61. The molecule has 0 radical (unpaired) electrons. The van der Waals surface area contributed by atoms with Gasteiger partial charge in [0, 0.05) is 0 Å². The molecule has 0 spiro atoms. The molecule has 0 bridgehead atoms. The highest BCUT2D eigenvalue weighted by Gasteiger charge is 2.12. The van der Waals surface area contributed by atoms with Crippen molar-refractivity contribution < 1.29 is 19.1 Å². The van der Waals surface area contributed by atoms with Gasteiger partial charge in [-0.05, 0) is 29.7 Å². The van der Waals surface area contributed by atoms with Gasteiger partial charge in [-0.15, -0.1) is 0 Å². The van der Waals surface area contributed by atoms with Crippen molar-refractivity contribution in [2.45, 2.75) is 13.0 Å². The zero-order valence-corrected chi connectivity index (χ0v) is 11.9. The summed E-state index contributed by atoms with van der Waals surface area (Å²) >= 11 is 0. The van der Waals surface area contributed by atoms with Gasteiger partial charge in [-0.2, -0.15) is 0 Å². The van der Waals surface area contributed by atoms with Crippen molar-refractivity contribution in [2.24, 2.45) is 0 Å². The first-order valence-corrected chi connectivity index (χ1v) is 8.13. The fourth-order valence-electron chi connectivity index (χ4n) is 1.81. The Morgan fingerprint density at radius 1 is 0.950 bits per heavy atom. The number of aryl methyl sites for hydroxylation is 1. The molecular formula is C15H17O4P. The smallest absolute Gasteiger partial charge is 0.325 e. The van der Waals surface area contributed by atoms with Crippen LogP contribution in [0.1, 0.15) is 11.1 Å². The molecule has 0 amide bonds. The summed E-state index contributed by atoms with van der Waals surface area (Å²) in [6.07, 6.45) is 0.196. The first-order valence-electron chi connectivity index (χ1n) is 6.33. The van der Waals surface area contributed by atoms with E-state index in [-0.39, 0.29) is 6.16 Å². The van der Waals surface area contributed by atoms with E-state index in [0.717, 1.165) is 11.1 Å². The predicted molar refractivity (Wildman–Crippen MR) is 77.8 cm³/mol. The zero-order valence-electron chi connectivity index (χ0n) is 11.0. The highest BCUT2D eigenvalue weighted by Crippen LogP contribution is 2.35. The van der Waals surface area contributed by atoms with E-state index in [0.29, 0.717) is 18.8 Å². The SMILES string of the molecule is O=P(O)(O)CCc1cccc(OCc2ccccc2)c1. The van der Waals surface area contributed by atoms with E-state index < -0.39 is 7.60 Å². The van der Waals surface area contributed by atoms with Crippen LogP contribution in [-0.4, -0.2) is 15.9 Å². The molecule has 0 atom stereocenters. The minimum absolute atomic E-state index is 0.144. The van der Waals surface area contributed by atoms with E-state index >= 15 is 0 Å². The first kappa shape index (κ1) is 14.8. The second kappa shape index (κ2) is 6.71. The average Bonchev–Trinajstić information content (AvgIpc) is 2.44. The number of hydrogen-bond acceptors (Lipinski definition) is 2. The summed E-state index contributed by atoms with van der Waals surface area (Å²) in [6, 6.07) is 17.1. The topological polar surface area (TPSA) is 66.8 Å². The maximum atomic E-state index is 10.9. The lowest BCUT2D eigenvalue weighted by Gasteiger charge is -2.08. The fraction of sp³-hybridized carbons (Fsp3) is 0.200. The molecule has 0 saturated carbocycles. The molecule has 2 aromatic rings. The minimum atomic E-state index is -3.95. The van der Waals surface area contributed by atoms with Crippen LogP contribution in [0.15, 0.2) is 54.6 Å². The highest BCUT2D eigenvalue weighted by atomic mass is 31.2. The lowest BCUT2D eigenvalue weighted by Crippen LogP contribution is -1.97. The van der Waals surface area contributed by atoms with Gasteiger partial charge in [0.05, 0.1) is 6.16 Å². The third-order valence-electron chi connectivity index (χ3n) is 2.84. The second-order valence-corrected chi connectivity index (χ2v) is 6.34. The Kier molecular flexibility index (Phi) is 4.96. The summed E-state index contributed by atoms with van der Waals surface area (Å²) in [7, 11) is -3.95. The minimum Gasteiger partial charge on any atom is -0.489 e. The molecule has 4 nitrogen and oxygen atoms in total. The zero-order chi connectivity index (χ0) is 14.4. The molecule has 5 heteroatoms. The summed E-state index contributed by atoms with van der Waals surface area (Å²) < 4.78 is 16.5. The van der Waals surface area contributed by atoms with Gasteiger partial charge in [0.2, 0.25) is 0 Å². The fourth-order valence-corrected chi connectivity index (χ4v) is 2.36. The molecular weight excluding hydrogens is 275 g/mol. The van der Waals surface area contributed by atoms with E-state index in [1.165, 1.54) is 0 Å². The van der Waals surface area contributed by atoms with Crippen molar-refractivity contribution in [3.05, 3.63) is 65.7 Å². The Morgan fingerprint density at radius 3 is 2.35 bits per heavy atom. The molecule has 2 aromatic carbocycles. The molecule has 2 N–H and O–H groups in total. The summed E-state index contributed by atoms with van der Waals surface area (Å²) in [5.41, 5.74) is 1.94. The van der Waals surface area contributed by atoms with E-state index in [1.807, 2.05) is 54.6 Å². The van der Waals surface area contributed by atoms with Crippen molar-refractivity contribution in [3.8, 4) is 5.75 Å². The molecule has 0 aliphatic carbocycles. The maximum Gasteiger partial charge on any atom is 0.325 e. The van der Waals surface area contributed by atoms with Gasteiger partial charge in [0.1, 0.15) is 12.4 Å². The van der Waals surface area contributed by atoms with Crippen LogP contribution in [0.3, 0.4) is 0 Å². The molecule has 106 valence electrons. The van der Waals surface area contributed by atoms with E-state index in [4.69, 9.17) is 14.5 Å². The summed E-state index contributed by atoms with van der Waals surface area (Å²) in [5, 5.41) is 0. The third kappa shape index (κ3) is 5.17. The second-order valence-electron chi connectivity index (χ2n) is 4.56. The molecule has 0 aliphatic rings. The summed E-state index contributed by atoms with van der Waals surface area (Å²) in [5.74, 6) is 0.706. The van der Waals surface area contributed by atoms with Crippen LogP contribution < -0.4 is 4.74 Å². The van der Waals surface area contributed by atoms with Crippen molar-refractivity contribution in [3.63, 3.8) is 0 Å². The van der Waals surface area contributed by atoms with Gasteiger partial charge in [0.25, 0.3) is 0 Å². The third-order valence-corrected chi connectivity index (χ3v) is 3.64. The molecule has 0 aromatic heterocycles. The predicted octanol–water partition coefficient (Wildman–Crippen LogP) is 2.99. The van der Waals surface area contributed by atoms with E-state index in [9.17, 15) is 4.57 Å². The Morgan fingerprint density at radius 2 is 1.65 bits per heavy atom. The van der Waals surface area contributed by atoms with Crippen LogP contribution in [-0.2, 0) is 17.6 Å². The molecule has 2 rings (SSSR count). The number of benzene rings is 2. The Bertz CT molecular complexity index is 592. The van der Waals surface area contributed by atoms with E-state index in [2.05, 4.69) is 0 Å². The normalized spacial score (nSPS) is 11.3. The molecule has 0 saturated heterocycles. The van der Waals surface area contributed by atoms with Crippen LogP contribution in [0, 0.1) is 0 Å². The maximum absolute atomic E-state index is 10.9. The van der Waals surface area contributed by atoms with Crippen LogP contribution >= 0.6 is 7.60 Å². The molecule has 0 heterocycles. The first-order chi connectivity index (χ1) is 9.53. The van der Waals surface area contributed by atoms with Crippen LogP contribution in [0.5, 0.6) is 5.75 Å². The van der Waals surface area contributed by atoms with E-state index in [1.54, 1.807) is 0 Å². The van der Waals surface area contributed by atoms with Crippen LogP contribution in [0.25, 0.3) is 0 Å². The summed E-state index contributed by atoms with van der Waals surface area (Å²) in [4.78, 5) is 17.8. The van der Waals surface area contributed by atoms with Gasteiger partial charge < -0.3 is 14.5 Å². The van der Waals surface area contributed by atoms with Crippen molar-refractivity contribution >= 4 is 7.60 Å². The Balaban J connectivity index is 1.94. The van der Waals surface area contributed by atoms with Gasteiger partial charge >= 0.3 is 7.60 Å². The molecule has 0 unspecified atom stereocenters. The number of rotatable bonds is 6. The molecule has 20 heavy (non-hydrogen) atoms. The standard InChI is InChI=1S/C15H17O4P/c16-20(17,18)10-9-13-7-4-8-15(11-13)19-12-14-5-2-1-3-6-14/h1-8,11H,9-10,12H2,(H2,16,17,18). The van der Waals surface area contributed by atoms with Gasteiger partial charge in [-0.1, -0.05) is 42.5 Å². The monoisotopic (exact) mass is 292 g/mol. The summed E-state index contributed by atoms with van der Waals surface area (Å²) in [6.45, 7) is 0.475. The average molecular weight is 292 g/mol. The molecule has 0 aliphatic heterocycles. The van der Waals surface area contributed by atoms with Crippen LogP contribution in [0.4, 0.5) is 0 Å². The van der Waals surface area contributed by atoms with Crippen molar-refractivity contribution in [2.75, 3.05) is 6.16 Å². The van der Waals surface area contributed by atoms with Gasteiger partial charge in [0.15, 0.2) is 0 Å². The largest absolute Gasteiger partial charge is 0.489 e. The lowest BCUT2D eigenvalue weighted by molar-refractivity contribution is 0.306. The Labute approximate surface area is 118 Å². The van der Waals surface area contributed by atoms with Crippen molar-refractivity contribution in [1.29, 1.82) is 0 Å². The van der Waals surface area contributed by atoms with Gasteiger partial charge in [-0.25, -0.2) is 0 Å². The highest BCUT2D eigenvalue weighted by molar-refractivity contribution is 7.51. The molecule has 0 fully saturated rings. The lowest BCUT2D eigenvalue weighted by atomic mass is 10.1. The van der Waals surface area contributed by atoms with Crippen molar-refractivity contribution in [1.82, 2.24) is 0 Å². The number of hydrogen-bond donors (Lipinski definition) is 2. The number of ether oxygens (including phenoxy) is 1. The van der Waals surface area contributed by atoms with Gasteiger partial charge in [-0.3, -0.25) is 4.57 Å². The van der Waals surface area contributed by atoms with Crippen LogP contribution in [0.2, 0.25) is 0 Å².